The van der Waals surface area contributed by atoms with E-state index in [0.29, 0.717) is 0 Å². The molecule has 2 unspecified atom stereocenters. The van der Waals surface area contributed by atoms with Crippen LogP contribution in [0.15, 0.2) is 6.20 Å². The third kappa shape index (κ3) is 3.20. The molecule has 1 fully saturated rings. The fourth-order valence-corrected chi connectivity index (χ4v) is 4.16. The molecule has 84 valence electrons. The highest BCUT2D eigenvalue weighted by atomic mass is 32.2. The number of hydrogen-bond acceptors (Lipinski definition) is 4. The SMILES string of the molecule is CC(N)c1cnc(CC2CCCCS2)s1. The standard InChI is InChI=1S/C11H18N2S2/c1-8(12)10-7-13-11(15-10)6-9-4-2-3-5-14-9/h7-9H,2-6,12H2,1H3. The Kier molecular flexibility index (Phi) is 4.05. The third-order valence-corrected chi connectivity index (χ3v) is 5.32. The Labute approximate surface area is 99.7 Å². The van der Waals surface area contributed by atoms with Gasteiger partial charge >= 0.3 is 0 Å². The summed E-state index contributed by atoms with van der Waals surface area (Å²) >= 11 is 3.90. The van der Waals surface area contributed by atoms with E-state index >= 15 is 0 Å². The van der Waals surface area contributed by atoms with Crippen molar-refractivity contribution < 1.29 is 0 Å². The minimum Gasteiger partial charge on any atom is -0.323 e. The average Bonchev–Trinajstić information content (AvgIpc) is 2.68. The molecule has 0 aromatic carbocycles. The molecule has 1 aliphatic heterocycles. The summed E-state index contributed by atoms with van der Waals surface area (Å²) in [6.07, 6.45) is 7.23. The Hall–Kier alpha value is -0.0600. The third-order valence-electron chi connectivity index (χ3n) is 2.70. The van der Waals surface area contributed by atoms with Crippen LogP contribution in [-0.4, -0.2) is 16.0 Å². The summed E-state index contributed by atoms with van der Waals surface area (Å²) in [7, 11) is 0. The molecule has 15 heavy (non-hydrogen) atoms. The van der Waals surface area contributed by atoms with Crippen molar-refractivity contribution in [1.29, 1.82) is 0 Å². The molecule has 2 N–H and O–H groups in total. The van der Waals surface area contributed by atoms with Crippen molar-refractivity contribution in [3.05, 3.63) is 16.1 Å². The van der Waals surface area contributed by atoms with Gasteiger partial charge < -0.3 is 5.73 Å². The quantitative estimate of drug-likeness (QED) is 0.885. The van der Waals surface area contributed by atoms with Gasteiger partial charge in [-0.1, -0.05) is 6.42 Å². The van der Waals surface area contributed by atoms with Crippen molar-refractivity contribution in [2.45, 2.75) is 43.9 Å². The Morgan fingerprint density at radius 1 is 1.60 bits per heavy atom. The first-order chi connectivity index (χ1) is 7.25. The molecular formula is C11H18N2S2. The van der Waals surface area contributed by atoms with Crippen LogP contribution < -0.4 is 5.73 Å². The van der Waals surface area contributed by atoms with Crippen molar-refractivity contribution in [3.8, 4) is 0 Å². The molecule has 1 aromatic rings. The van der Waals surface area contributed by atoms with Gasteiger partial charge in [0.2, 0.25) is 0 Å². The van der Waals surface area contributed by atoms with Gasteiger partial charge in [0.25, 0.3) is 0 Å². The van der Waals surface area contributed by atoms with Crippen molar-refractivity contribution in [2.75, 3.05) is 5.75 Å². The van der Waals surface area contributed by atoms with E-state index in [4.69, 9.17) is 5.73 Å². The number of nitrogens with zero attached hydrogens (tertiary/aromatic N) is 1. The lowest BCUT2D eigenvalue weighted by Crippen LogP contribution is -2.12. The number of nitrogens with two attached hydrogens (primary N) is 1. The first-order valence-corrected chi connectivity index (χ1v) is 7.44. The zero-order valence-corrected chi connectivity index (χ0v) is 10.7. The van der Waals surface area contributed by atoms with Gasteiger partial charge in [-0.15, -0.1) is 11.3 Å². The molecule has 1 aromatic heterocycles. The first kappa shape index (κ1) is 11.4. The van der Waals surface area contributed by atoms with Crippen LogP contribution in [-0.2, 0) is 6.42 Å². The van der Waals surface area contributed by atoms with E-state index in [1.54, 1.807) is 11.3 Å². The molecule has 0 amide bonds. The van der Waals surface area contributed by atoms with E-state index in [9.17, 15) is 0 Å². The summed E-state index contributed by atoms with van der Waals surface area (Å²) in [5.74, 6) is 1.33. The van der Waals surface area contributed by atoms with Gasteiger partial charge in [0.1, 0.15) is 0 Å². The highest BCUT2D eigenvalue weighted by Crippen LogP contribution is 2.29. The molecule has 2 rings (SSSR count). The predicted octanol–water partition coefficient (Wildman–Crippen LogP) is 2.99. The predicted molar refractivity (Wildman–Crippen MR) is 68.5 cm³/mol. The molecule has 2 heterocycles. The van der Waals surface area contributed by atoms with Crippen molar-refractivity contribution in [2.24, 2.45) is 5.73 Å². The lowest BCUT2D eigenvalue weighted by Gasteiger charge is -2.19. The van der Waals surface area contributed by atoms with E-state index in [-0.39, 0.29) is 6.04 Å². The maximum Gasteiger partial charge on any atom is 0.0939 e. The topological polar surface area (TPSA) is 38.9 Å². The van der Waals surface area contributed by atoms with Gasteiger partial charge in [0.15, 0.2) is 0 Å². The van der Waals surface area contributed by atoms with E-state index in [2.05, 4.69) is 16.7 Å². The Morgan fingerprint density at radius 3 is 3.07 bits per heavy atom. The highest BCUT2D eigenvalue weighted by molar-refractivity contribution is 7.99. The lowest BCUT2D eigenvalue weighted by molar-refractivity contribution is 0.659. The lowest BCUT2D eigenvalue weighted by atomic mass is 10.1. The molecule has 0 bridgehead atoms. The number of thiazole rings is 1. The van der Waals surface area contributed by atoms with Gasteiger partial charge in [-0.2, -0.15) is 11.8 Å². The second-order valence-corrected chi connectivity index (χ2v) is 6.69. The number of thioether (sulfide) groups is 1. The second-order valence-electron chi connectivity index (χ2n) is 4.14. The second kappa shape index (κ2) is 5.32. The van der Waals surface area contributed by atoms with Gasteiger partial charge in [-0.25, -0.2) is 4.98 Å². The van der Waals surface area contributed by atoms with Crippen LogP contribution >= 0.6 is 23.1 Å². The smallest absolute Gasteiger partial charge is 0.0939 e. The zero-order valence-electron chi connectivity index (χ0n) is 9.11. The van der Waals surface area contributed by atoms with Crippen LogP contribution in [0.25, 0.3) is 0 Å². The van der Waals surface area contributed by atoms with Crippen LogP contribution in [0.3, 0.4) is 0 Å². The maximum atomic E-state index is 5.83. The van der Waals surface area contributed by atoms with E-state index in [1.807, 2.05) is 13.1 Å². The molecule has 1 aliphatic rings. The summed E-state index contributed by atoms with van der Waals surface area (Å²) in [4.78, 5) is 5.67. The molecule has 0 spiro atoms. The summed E-state index contributed by atoms with van der Waals surface area (Å²) < 4.78 is 0. The fraction of sp³-hybridized carbons (Fsp3) is 0.727. The monoisotopic (exact) mass is 242 g/mol. The molecule has 0 aliphatic carbocycles. The number of hydrogen-bond donors (Lipinski definition) is 1. The maximum absolute atomic E-state index is 5.83. The minimum absolute atomic E-state index is 0.134. The van der Waals surface area contributed by atoms with Crippen molar-refractivity contribution in [3.63, 3.8) is 0 Å². The van der Waals surface area contributed by atoms with Crippen LogP contribution in [0, 0.1) is 0 Å². The van der Waals surface area contributed by atoms with E-state index in [1.165, 1.54) is 34.9 Å². The zero-order chi connectivity index (χ0) is 10.7. The summed E-state index contributed by atoms with van der Waals surface area (Å²) in [5, 5.41) is 2.06. The van der Waals surface area contributed by atoms with Gasteiger partial charge in [0, 0.05) is 28.8 Å². The number of rotatable bonds is 3. The largest absolute Gasteiger partial charge is 0.323 e. The minimum atomic E-state index is 0.134. The van der Waals surface area contributed by atoms with E-state index in [0.717, 1.165) is 11.7 Å². The van der Waals surface area contributed by atoms with Crippen molar-refractivity contribution in [1.82, 2.24) is 4.98 Å². The molecule has 0 radical (unpaired) electrons. The van der Waals surface area contributed by atoms with Crippen LogP contribution in [0.1, 0.15) is 42.1 Å². The molecule has 1 saturated heterocycles. The van der Waals surface area contributed by atoms with Gasteiger partial charge in [0.05, 0.1) is 5.01 Å². The molecular weight excluding hydrogens is 224 g/mol. The van der Waals surface area contributed by atoms with E-state index < -0.39 is 0 Å². The van der Waals surface area contributed by atoms with Crippen LogP contribution in [0.2, 0.25) is 0 Å². The Morgan fingerprint density at radius 2 is 2.47 bits per heavy atom. The van der Waals surface area contributed by atoms with Crippen LogP contribution in [0.4, 0.5) is 0 Å². The molecule has 2 nitrogen and oxygen atoms in total. The molecule has 4 heteroatoms. The Balaban J connectivity index is 1.91. The Bertz CT molecular complexity index is 303. The fourth-order valence-electron chi connectivity index (χ4n) is 1.79. The summed E-state index contributed by atoms with van der Waals surface area (Å²) in [5.41, 5.74) is 5.83. The molecule has 2 atom stereocenters. The number of aromatic nitrogens is 1. The van der Waals surface area contributed by atoms with Gasteiger partial charge in [-0.3, -0.25) is 0 Å². The summed E-state index contributed by atoms with van der Waals surface area (Å²) in [6, 6.07) is 0.134. The average molecular weight is 242 g/mol. The highest BCUT2D eigenvalue weighted by Gasteiger charge is 2.16. The molecule has 0 saturated carbocycles. The van der Waals surface area contributed by atoms with Crippen LogP contribution in [0.5, 0.6) is 0 Å². The summed E-state index contributed by atoms with van der Waals surface area (Å²) in [6.45, 7) is 2.02. The van der Waals surface area contributed by atoms with Crippen molar-refractivity contribution >= 4 is 23.1 Å². The first-order valence-electron chi connectivity index (χ1n) is 5.57. The normalized spacial score (nSPS) is 24.0. The van der Waals surface area contributed by atoms with Gasteiger partial charge in [-0.05, 0) is 25.5 Å².